The summed E-state index contributed by atoms with van der Waals surface area (Å²) < 4.78 is 15.3. The Hall–Kier alpha value is -2.15. The first-order valence-electron chi connectivity index (χ1n) is 10.8. The minimum absolute atomic E-state index is 0.0192. The van der Waals surface area contributed by atoms with Gasteiger partial charge in [0.05, 0.1) is 6.04 Å². The lowest BCUT2D eigenvalue weighted by Crippen LogP contribution is -2.47. The van der Waals surface area contributed by atoms with E-state index in [0.717, 1.165) is 19.4 Å². The van der Waals surface area contributed by atoms with Crippen molar-refractivity contribution in [1.29, 1.82) is 0 Å². The van der Waals surface area contributed by atoms with Crippen LogP contribution in [0, 0.1) is 11.8 Å². The van der Waals surface area contributed by atoms with Gasteiger partial charge in [-0.25, -0.2) is 4.39 Å². The maximum absolute atomic E-state index is 15.3. The number of halogens is 3. The highest BCUT2D eigenvalue weighted by molar-refractivity contribution is 6.31. The van der Waals surface area contributed by atoms with Crippen LogP contribution in [-0.4, -0.2) is 42.4 Å². The first-order chi connectivity index (χ1) is 15.4. The average molecular weight is 480 g/mol. The summed E-state index contributed by atoms with van der Waals surface area (Å²) in [6.07, 6.45) is 8.37. The summed E-state index contributed by atoms with van der Waals surface area (Å²) in [5, 5.41) is 6.40. The minimum atomic E-state index is -0.667. The molecular weight excluding hydrogens is 452 g/mol. The molecule has 5 nitrogen and oxygen atoms in total. The van der Waals surface area contributed by atoms with Crippen LogP contribution in [0.5, 0.6) is 0 Å². The Morgan fingerprint density at radius 2 is 2.12 bits per heavy atom. The van der Waals surface area contributed by atoms with Crippen molar-refractivity contribution in [2.45, 2.75) is 37.8 Å². The largest absolute Gasteiger partial charge is 0.359 e. The highest BCUT2D eigenvalue weighted by Gasteiger charge is 2.48. The molecule has 32 heavy (non-hydrogen) atoms. The van der Waals surface area contributed by atoms with E-state index in [9.17, 15) is 9.59 Å². The number of anilines is 1. The van der Waals surface area contributed by atoms with Gasteiger partial charge in [0.2, 0.25) is 12.3 Å². The highest BCUT2D eigenvalue weighted by atomic mass is 35.5. The van der Waals surface area contributed by atoms with Crippen molar-refractivity contribution in [2.75, 3.05) is 18.4 Å². The molecule has 0 aromatic heterocycles. The van der Waals surface area contributed by atoms with Crippen molar-refractivity contribution in [1.82, 2.24) is 10.2 Å². The van der Waals surface area contributed by atoms with E-state index < -0.39 is 12.0 Å². The number of rotatable bonds is 11. The summed E-state index contributed by atoms with van der Waals surface area (Å²) in [4.78, 5) is 26.2. The van der Waals surface area contributed by atoms with Crippen LogP contribution >= 0.6 is 23.2 Å². The summed E-state index contributed by atoms with van der Waals surface area (Å²) in [6.45, 7) is 4.77. The molecule has 2 fully saturated rings. The van der Waals surface area contributed by atoms with Crippen molar-refractivity contribution < 1.29 is 14.0 Å². The Morgan fingerprint density at radius 3 is 2.78 bits per heavy atom. The van der Waals surface area contributed by atoms with E-state index in [2.05, 4.69) is 22.1 Å². The zero-order valence-corrected chi connectivity index (χ0v) is 19.3. The molecule has 1 saturated heterocycles. The number of benzene rings is 1. The van der Waals surface area contributed by atoms with Gasteiger partial charge in [-0.2, -0.15) is 0 Å². The van der Waals surface area contributed by atoms with Gasteiger partial charge >= 0.3 is 0 Å². The fraction of sp³-hybridized carbons (Fsp3) is 0.417. The molecule has 1 aromatic rings. The number of nitrogens with zero attached hydrogens (tertiary/aromatic N) is 1. The van der Waals surface area contributed by atoms with Gasteiger partial charge < -0.3 is 10.6 Å². The highest BCUT2D eigenvalue weighted by Crippen LogP contribution is 2.41. The monoisotopic (exact) mass is 479 g/mol. The van der Waals surface area contributed by atoms with E-state index in [-0.39, 0.29) is 17.8 Å². The van der Waals surface area contributed by atoms with Crippen LogP contribution in [0.2, 0.25) is 5.02 Å². The van der Waals surface area contributed by atoms with Gasteiger partial charge in [0.15, 0.2) is 0 Å². The predicted octanol–water partition coefficient (Wildman–Crippen LogP) is 5.05. The van der Waals surface area contributed by atoms with Crippen LogP contribution in [0.3, 0.4) is 0 Å². The number of nitrogens with one attached hydrogen (secondary N) is 2. The average Bonchev–Trinajstić information content (AvgIpc) is 3.48. The number of carbonyl (C=O) groups excluding carboxylic acids is 2. The Kier molecular flexibility index (Phi) is 8.91. The molecule has 3 rings (SSSR count). The van der Waals surface area contributed by atoms with E-state index in [1.807, 2.05) is 0 Å². The topological polar surface area (TPSA) is 61.4 Å². The molecule has 1 aromatic carbocycles. The van der Waals surface area contributed by atoms with Gasteiger partial charge in [-0.05, 0) is 62.0 Å². The molecule has 1 heterocycles. The minimum Gasteiger partial charge on any atom is -0.359 e. The smallest absolute Gasteiger partial charge is 0.242 e. The van der Waals surface area contributed by atoms with Gasteiger partial charge in [0.25, 0.3) is 0 Å². The summed E-state index contributed by atoms with van der Waals surface area (Å²) in [5.41, 5.74) is 0.571. The molecule has 2 unspecified atom stereocenters. The fourth-order valence-corrected chi connectivity index (χ4v) is 4.48. The lowest BCUT2D eigenvalue weighted by Gasteiger charge is -2.30. The number of hydrogen-bond donors (Lipinski definition) is 2. The molecule has 8 heteroatoms. The molecule has 172 valence electrons. The van der Waals surface area contributed by atoms with E-state index in [1.54, 1.807) is 24.3 Å². The Balaban J connectivity index is 1.87. The normalized spacial score (nSPS) is 24.0. The molecule has 2 aliphatic rings. The molecule has 0 spiro atoms. The second-order valence-electron chi connectivity index (χ2n) is 8.30. The number of hydrogen-bond acceptors (Lipinski definition) is 3. The number of allylic oxidation sites excluding steroid dienone is 4. The van der Waals surface area contributed by atoms with E-state index >= 15 is 4.39 Å². The summed E-state index contributed by atoms with van der Waals surface area (Å²) in [6, 6.07) is 6.22. The second kappa shape index (κ2) is 11.6. The molecule has 2 N–H and O–H groups in total. The number of amides is 2. The first-order valence-corrected chi connectivity index (χ1v) is 11.5. The Morgan fingerprint density at radius 1 is 1.34 bits per heavy atom. The van der Waals surface area contributed by atoms with Crippen LogP contribution in [0.1, 0.15) is 25.7 Å². The number of carbonyl (C=O) groups is 2. The Bertz CT molecular complexity index is 901. The zero-order valence-electron chi connectivity index (χ0n) is 17.8. The third-order valence-corrected chi connectivity index (χ3v) is 6.21. The molecular formula is C24H28Cl2FN3O2. The van der Waals surface area contributed by atoms with Gasteiger partial charge in [-0.1, -0.05) is 41.9 Å². The van der Waals surface area contributed by atoms with Crippen LogP contribution in [0.15, 0.2) is 59.9 Å². The third kappa shape index (κ3) is 6.92. The molecule has 1 aliphatic carbocycles. The van der Waals surface area contributed by atoms with Gasteiger partial charge in [0.1, 0.15) is 5.83 Å². The summed E-state index contributed by atoms with van der Waals surface area (Å²) >= 11 is 11.8. The van der Waals surface area contributed by atoms with Crippen molar-refractivity contribution >= 4 is 41.2 Å². The Labute approximate surface area is 198 Å². The molecule has 1 saturated carbocycles. The SMILES string of the molecule is C=C(Cl)/C=C\C=C(/F)C1C[C@H](CCNC=O)N(CC2CC2)C1C(=O)Nc1cccc(Cl)c1. The van der Waals surface area contributed by atoms with Gasteiger partial charge in [0, 0.05) is 40.8 Å². The van der Waals surface area contributed by atoms with Crippen LogP contribution in [0.25, 0.3) is 0 Å². The van der Waals surface area contributed by atoms with Crippen molar-refractivity contribution in [2.24, 2.45) is 11.8 Å². The first kappa shape index (κ1) is 24.5. The van der Waals surface area contributed by atoms with Crippen LogP contribution in [0.4, 0.5) is 10.1 Å². The summed E-state index contributed by atoms with van der Waals surface area (Å²) in [7, 11) is 0. The van der Waals surface area contributed by atoms with Gasteiger partial charge in [-0.15, -0.1) is 0 Å². The maximum atomic E-state index is 15.3. The van der Waals surface area contributed by atoms with Crippen molar-refractivity contribution in [3.05, 3.63) is 65.0 Å². The van der Waals surface area contributed by atoms with Crippen LogP contribution < -0.4 is 10.6 Å². The molecule has 0 radical (unpaired) electrons. The molecule has 0 bridgehead atoms. The maximum Gasteiger partial charge on any atom is 0.242 e. The van der Waals surface area contributed by atoms with Crippen LogP contribution in [-0.2, 0) is 9.59 Å². The standard InChI is InChI=1S/C24H28Cl2FN3O2/c1-16(25)4-2-7-22(27)21-13-20(10-11-28-15-31)30(14-17-8-9-17)23(21)24(32)29-19-6-3-5-18(26)12-19/h2-7,12,15,17,20-21,23H,1,8-11,13-14H2,(H,28,31)(H,29,32)/b4-2-,22-7-/t20-,21?,23?/m0/s1. The molecule has 2 amide bonds. The quantitative estimate of drug-likeness (QED) is 0.265. The predicted molar refractivity (Wildman–Crippen MR) is 127 cm³/mol. The lowest BCUT2D eigenvalue weighted by atomic mass is 9.95. The third-order valence-electron chi connectivity index (χ3n) is 5.85. The lowest BCUT2D eigenvalue weighted by molar-refractivity contribution is -0.122. The second-order valence-corrected chi connectivity index (χ2v) is 9.22. The fourth-order valence-electron chi connectivity index (χ4n) is 4.22. The summed E-state index contributed by atoms with van der Waals surface area (Å²) in [5.74, 6) is -0.735. The van der Waals surface area contributed by atoms with E-state index in [1.165, 1.54) is 18.2 Å². The number of likely N-dealkylation sites (tertiary alicyclic amines) is 1. The zero-order chi connectivity index (χ0) is 23.1. The molecule has 1 aliphatic heterocycles. The molecule has 3 atom stereocenters. The van der Waals surface area contributed by atoms with E-state index in [0.29, 0.717) is 47.5 Å². The van der Waals surface area contributed by atoms with Gasteiger partial charge in [-0.3, -0.25) is 14.5 Å². The van der Waals surface area contributed by atoms with Crippen molar-refractivity contribution in [3.63, 3.8) is 0 Å². The van der Waals surface area contributed by atoms with E-state index in [4.69, 9.17) is 23.2 Å². The van der Waals surface area contributed by atoms with Crippen molar-refractivity contribution in [3.8, 4) is 0 Å².